The third kappa shape index (κ3) is 4.57. The molecule has 0 saturated heterocycles. The van der Waals surface area contributed by atoms with Gasteiger partial charge in [-0.05, 0) is 97.5 Å². The minimum atomic E-state index is 0.874. The van der Waals surface area contributed by atoms with E-state index in [2.05, 4.69) is 187 Å². The van der Waals surface area contributed by atoms with E-state index >= 15 is 0 Å². The molecule has 0 aliphatic carbocycles. The van der Waals surface area contributed by atoms with Gasteiger partial charge in [-0.3, -0.25) is 0 Å². The summed E-state index contributed by atoms with van der Waals surface area (Å²) in [6, 6.07) is 67.6. The fourth-order valence-corrected chi connectivity index (χ4v) is 7.72. The summed E-state index contributed by atoms with van der Waals surface area (Å²) in [7, 11) is 0. The van der Waals surface area contributed by atoms with E-state index < -0.39 is 0 Å². The van der Waals surface area contributed by atoms with E-state index in [9.17, 15) is 0 Å². The van der Waals surface area contributed by atoms with Gasteiger partial charge >= 0.3 is 0 Å². The Kier molecular flexibility index (Phi) is 6.53. The van der Waals surface area contributed by atoms with Crippen molar-refractivity contribution in [2.75, 3.05) is 4.90 Å². The normalized spacial score (nSPS) is 11.6. The predicted octanol–water partition coefficient (Wildman–Crippen LogP) is 13.8. The van der Waals surface area contributed by atoms with Gasteiger partial charge in [-0.1, -0.05) is 140 Å². The Hall–Kier alpha value is -6.64. The zero-order valence-electron chi connectivity index (χ0n) is 27.3. The number of benzene rings is 9. The molecule has 0 amide bonds. The van der Waals surface area contributed by atoms with Gasteiger partial charge in [0, 0.05) is 27.7 Å². The number of hydrogen-bond donors (Lipinski definition) is 0. The maximum atomic E-state index is 6.58. The molecule has 0 unspecified atom stereocenters. The van der Waals surface area contributed by atoms with E-state index in [4.69, 9.17) is 4.42 Å². The van der Waals surface area contributed by atoms with E-state index in [-0.39, 0.29) is 0 Å². The van der Waals surface area contributed by atoms with Gasteiger partial charge in [-0.2, -0.15) is 0 Å². The van der Waals surface area contributed by atoms with Crippen molar-refractivity contribution in [3.63, 3.8) is 0 Å². The minimum absolute atomic E-state index is 0.874. The quantitative estimate of drug-likeness (QED) is 0.175. The van der Waals surface area contributed by atoms with Crippen LogP contribution in [0.3, 0.4) is 0 Å². The van der Waals surface area contributed by atoms with Crippen molar-refractivity contribution >= 4 is 71.3 Å². The highest BCUT2D eigenvalue weighted by Gasteiger charge is 2.24. The van der Waals surface area contributed by atoms with Gasteiger partial charge in [-0.25, -0.2) is 0 Å². The fourth-order valence-electron chi connectivity index (χ4n) is 7.72. The average Bonchev–Trinajstić information content (AvgIpc) is 3.57. The topological polar surface area (TPSA) is 16.4 Å². The molecule has 0 spiro atoms. The summed E-state index contributed by atoms with van der Waals surface area (Å²) in [6.45, 7) is 0. The number of nitrogens with zero attached hydrogens (tertiary/aromatic N) is 1. The van der Waals surface area contributed by atoms with Crippen molar-refractivity contribution < 1.29 is 4.42 Å². The Balaban J connectivity index is 1.35. The summed E-state index contributed by atoms with van der Waals surface area (Å²) in [6.07, 6.45) is 0. The lowest BCUT2D eigenvalue weighted by Gasteiger charge is -2.29. The molecular weight excluding hydrogens is 607 g/mol. The number of rotatable bonds is 5. The van der Waals surface area contributed by atoms with Crippen LogP contribution in [0.4, 0.5) is 17.1 Å². The zero-order valence-corrected chi connectivity index (χ0v) is 27.3. The molecular formula is C48H31NO. The lowest BCUT2D eigenvalue weighted by molar-refractivity contribution is 0.669. The summed E-state index contributed by atoms with van der Waals surface area (Å²) in [5.41, 5.74) is 9.70. The van der Waals surface area contributed by atoms with Gasteiger partial charge in [0.15, 0.2) is 0 Å². The molecule has 0 aliphatic heterocycles. The van der Waals surface area contributed by atoms with Crippen molar-refractivity contribution in [3.05, 3.63) is 188 Å². The van der Waals surface area contributed by atoms with Crippen LogP contribution in [0.25, 0.3) is 76.5 Å². The molecule has 0 saturated carbocycles. The van der Waals surface area contributed by atoms with Crippen LogP contribution in [0.2, 0.25) is 0 Å². The van der Waals surface area contributed by atoms with Crippen molar-refractivity contribution in [1.82, 2.24) is 0 Å². The number of anilines is 3. The predicted molar refractivity (Wildman–Crippen MR) is 212 cm³/mol. The Morgan fingerprint density at radius 3 is 1.88 bits per heavy atom. The maximum Gasteiger partial charge on any atom is 0.136 e. The lowest BCUT2D eigenvalue weighted by Crippen LogP contribution is -2.11. The van der Waals surface area contributed by atoms with E-state index in [1.165, 1.54) is 49.0 Å². The molecule has 50 heavy (non-hydrogen) atoms. The number of furan rings is 1. The third-order valence-electron chi connectivity index (χ3n) is 10.0. The average molecular weight is 638 g/mol. The summed E-state index contributed by atoms with van der Waals surface area (Å²) < 4.78 is 6.58. The van der Waals surface area contributed by atoms with Crippen molar-refractivity contribution in [2.24, 2.45) is 0 Å². The first-order chi connectivity index (χ1) is 24.8. The van der Waals surface area contributed by atoms with Crippen LogP contribution in [0.15, 0.2) is 192 Å². The first kappa shape index (κ1) is 28.4. The Labute approximate surface area is 290 Å². The Bertz CT molecular complexity index is 2880. The second-order valence-corrected chi connectivity index (χ2v) is 12.9. The van der Waals surface area contributed by atoms with Crippen molar-refractivity contribution in [2.45, 2.75) is 0 Å². The maximum absolute atomic E-state index is 6.58. The summed E-state index contributed by atoms with van der Waals surface area (Å²) in [5, 5.41) is 9.53. The molecule has 0 bridgehead atoms. The van der Waals surface area contributed by atoms with Gasteiger partial charge in [0.25, 0.3) is 0 Å². The molecule has 9 aromatic carbocycles. The molecule has 2 nitrogen and oxygen atoms in total. The zero-order chi connectivity index (χ0) is 33.0. The molecule has 0 aliphatic rings. The Morgan fingerprint density at radius 1 is 0.360 bits per heavy atom. The van der Waals surface area contributed by atoms with Gasteiger partial charge in [0.05, 0.1) is 5.69 Å². The fraction of sp³-hybridized carbons (Fsp3) is 0. The van der Waals surface area contributed by atoms with Gasteiger partial charge in [0.1, 0.15) is 11.2 Å². The standard InChI is InChI=1S/C48H31NO/c1-2-13-32(14-3-1)35-18-12-19-37(29-35)49(38-26-25-33-15-4-5-16-34(33)30-38)44-27-28-46-48(42-23-10-11-24-45(42)50-46)47(44)43-31-36-17-6-7-20-39(36)40-21-8-9-22-41(40)43/h1-31H. The SMILES string of the molecule is c1ccc(-c2cccc(N(c3ccc4ccccc4c3)c3ccc4oc5ccccc5c4c3-c3cc4ccccc4c4ccccc34)c2)cc1. The molecule has 0 fully saturated rings. The van der Waals surface area contributed by atoms with Crippen LogP contribution in [0.1, 0.15) is 0 Å². The van der Waals surface area contributed by atoms with Gasteiger partial charge in [0.2, 0.25) is 0 Å². The van der Waals surface area contributed by atoms with Crippen molar-refractivity contribution in [1.29, 1.82) is 0 Å². The second-order valence-electron chi connectivity index (χ2n) is 12.9. The van der Waals surface area contributed by atoms with E-state index in [0.717, 1.165) is 44.6 Å². The molecule has 234 valence electrons. The molecule has 10 aromatic rings. The van der Waals surface area contributed by atoms with Crippen molar-refractivity contribution in [3.8, 4) is 22.3 Å². The lowest BCUT2D eigenvalue weighted by atomic mass is 9.89. The Morgan fingerprint density at radius 2 is 1.02 bits per heavy atom. The van der Waals surface area contributed by atoms with Crippen LogP contribution in [0, 0.1) is 0 Å². The number of para-hydroxylation sites is 1. The molecule has 2 heteroatoms. The highest BCUT2D eigenvalue weighted by atomic mass is 16.3. The van der Waals surface area contributed by atoms with Crippen LogP contribution in [0.5, 0.6) is 0 Å². The molecule has 10 rings (SSSR count). The molecule has 0 radical (unpaired) electrons. The van der Waals surface area contributed by atoms with Crippen LogP contribution in [-0.4, -0.2) is 0 Å². The minimum Gasteiger partial charge on any atom is -0.456 e. The van der Waals surface area contributed by atoms with Gasteiger partial charge in [-0.15, -0.1) is 0 Å². The summed E-state index contributed by atoms with van der Waals surface area (Å²) >= 11 is 0. The van der Waals surface area contributed by atoms with E-state index in [1.807, 2.05) is 6.07 Å². The molecule has 0 N–H and O–H groups in total. The molecule has 1 heterocycles. The van der Waals surface area contributed by atoms with Crippen LogP contribution >= 0.6 is 0 Å². The first-order valence-electron chi connectivity index (χ1n) is 17.1. The van der Waals surface area contributed by atoms with Crippen LogP contribution in [-0.2, 0) is 0 Å². The molecule has 1 aromatic heterocycles. The number of fused-ring (bicyclic) bond motifs is 7. The summed E-state index contributed by atoms with van der Waals surface area (Å²) in [4.78, 5) is 2.43. The number of hydrogen-bond acceptors (Lipinski definition) is 2. The summed E-state index contributed by atoms with van der Waals surface area (Å²) in [5.74, 6) is 0. The highest BCUT2D eigenvalue weighted by Crippen LogP contribution is 2.50. The largest absolute Gasteiger partial charge is 0.456 e. The van der Waals surface area contributed by atoms with E-state index in [1.54, 1.807) is 0 Å². The highest BCUT2D eigenvalue weighted by molar-refractivity contribution is 6.22. The molecule has 0 atom stereocenters. The smallest absolute Gasteiger partial charge is 0.136 e. The first-order valence-corrected chi connectivity index (χ1v) is 17.1. The second kappa shape index (κ2) is 11.5. The van der Waals surface area contributed by atoms with E-state index in [0.29, 0.717) is 0 Å². The monoisotopic (exact) mass is 637 g/mol. The van der Waals surface area contributed by atoms with Gasteiger partial charge < -0.3 is 9.32 Å². The third-order valence-corrected chi connectivity index (χ3v) is 10.0. The van der Waals surface area contributed by atoms with Crippen LogP contribution < -0.4 is 4.90 Å².